The molecule has 2 nitrogen and oxygen atoms in total. The van der Waals surface area contributed by atoms with Gasteiger partial charge in [-0.1, -0.05) is 181 Å². The monoisotopic (exact) mass is 979 g/mol. The lowest BCUT2D eigenvalue weighted by molar-refractivity contribution is 0.332. The van der Waals surface area contributed by atoms with E-state index in [0.717, 1.165) is 0 Å². The molecule has 6 aliphatic rings. The van der Waals surface area contributed by atoms with Gasteiger partial charge in [-0.05, 0) is 214 Å². The molecule has 2 heterocycles. The van der Waals surface area contributed by atoms with E-state index in [0.29, 0.717) is 0 Å². The lowest BCUT2D eigenvalue weighted by atomic mass is 9.32. The highest BCUT2D eigenvalue weighted by molar-refractivity contribution is 7.00. The Hall–Kier alpha value is -5.02. The number of rotatable bonds is 2. The molecule has 384 valence electrons. The van der Waals surface area contributed by atoms with Gasteiger partial charge in [0.2, 0.25) is 0 Å². The predicted octanol–water partition coefficient (Wildman–Crippen LogP) is 17.7. The molecule has 0 amide bonds. The number of anilines is 6. The van der Waals surface area contributed by atoms with E-state index in [1.807, 2.05) is 0 Å². The van der Waals surface area contributed by atoms with E-state index in [4.69, 9.17) is 0 Å². The van der Waals surface area contributed by atoms with Crippen molar-refractivity contribution in [1.29, 1.82) is 0 Å². The van der Waals surface area contributed by atoms with Crippen LogP contribution in [0.25, 0.3) is 11.1 Å². The van der Waals surface area contributed by atoms with Gasteiger partial charge < -0.3 is 9.80 Å². The Morgan fingerprint density at radius 3 is 1.12 bits per heavy atom. The molecule has 6 aromatic carbocycles. The number of fused-ring (bicyclic) bond motifs is 10. The highest BCUT2D eigenvalue weighted by Crippen LogP contribution is 2.57. The van der Waals surface area contributed by atoms with Gasteiger partial charge in [0.05, 0.1) is 0 Å². The Morgan fingerprint density at radius 2 is 0.689 bits per heavy atom. The van der Waals surface area contributed by atoms with Crippen LogP contribution in [0.3, 0.4) is 0 Å². The van der Waals surface area contributed by atoms with Gasteiger partial charge in [0.25, 0.3) is 6.71 Å². The first-order valence-electron chi connectivity index (χ1n) is 28.8. The first-order valence-corrected chi connectivity index (χ1v) is 28.8. The molecule has 6 aromatic rings. The molecule has 0 saturated carbocycles. The van der Waals surface area contributed by atoms with Crippen molar-refractivity contribution in [3.05, 3.63) is 147 Å². The molecular weight excluding hydrogens is 892 g/mol. The van der Waals surface area contributed by atoms with Gasteiger partial charge in [-0.2, -0.15) is 0 Å². The fraction of sp³-hybridized carbons (Fsp3) is 0.493. The maximum absolute atomic E-state index is 2.76. The average molecular weight is 979 g/mol. The van der Waals surface area contributed by atoms with Crippen LogP contribution in [-0.2, 0) is 48.7 Å². The summed E-state index contributed by atoms with van der Waals surface area (Å²) in [6.45, 7) is 49.3. The van der Waals surface area contributed by atoms with Crippen molar-refractivity contribution in [3.63, 3.8) is 0 Å². The van der Waals surface area contributed by atoms with Crippen LogP contribution in [-0.4, -0.2) is 6.71 Å². The third-order valence-corrected chi connectivity index (χ3v) is 20.8. The summed E-state index contributed by atoms with van der Waals surface area (Å²) in [5, 5.41) is 0. The van der Waals surface area contributed by atoms with Crippen molar-refractivity contribution < 1.29 is 0 Å². The first-order chi connectivity index (χ1) is 34.1. The van der Waals surface area contributed by atoms with Crippen molar-refractivity contribution in [2.24, 2.45) is 0 Å². The van der Waals surface area contributed by atoms with Gasteiger partial charge in [-0.25, -0.2) is 0 Å². The van der Waals surface area contributed by atoms with Gasteiger partial charge in [0.15, 0.2) is 0 Å². The van der Waals surface area contributed by atoms with Crippen LogP contribution in [0.1, 0.15) is 233 Å². The second kappa shape index (κ2) is 15.1. The average Bonchev–Trinajstić information content (AvgIpc) is 3.54. The lowest BCUT2D eigenvalue weighted by Crippen LogP contribution is -2.62. The molecule has 0 aromatic heterocycles. The highest BCUT2D eigenvalue weighted by atomic mass is 15.2. The summed E-state index contributed by atoms with van der Waals surface area (Å²) in [5.74, 6) is 0. The van der Waals surface area contributed by atoms with Crippen LogP contribution in [0.5, 0.6) is 0 Å². The minimum absolute atomic E-state index is 0.0430. The van der Waals surface area contributed by atoms with Crippen LogP contribution in [0.2, 0.25) is 0 Å². The lowest BCUT2D eigenvalue weighted by Gasteiger charge is -2.49. The van der Waals surface area contributed by atoms with Gasteiger partial charge in [0, 0.05) is 39.5 Å². The molecule has 0 spiro atoms. The molecule has 3 heteroatoms. The Labute approximate surface area is 448 Å². The summed E-state index contributed by atoms with van der Waals surface area (Å²) in [4.78, 5) is 5.52. The summed E-state index contributed by atoms with van der Waals surface area (Å²) in [7, 11) is 0. The van der Waals surface area contributed by atoms with E-state index >= 15 is 0 Å². The van der Waals surface area contributed by atoms with E-state index in [9.17, 15) is 0 Å². The quantitative estimate of drug-likeness (QED) is 0.159. The van der Waals surface area contributed by atoms with E-state index in [1.54, 1.807) is 0 Å². The Balaban J connectivity index is 1.21. The van der Waals surface area contributed by atoms with Crippen LogP contribution in [0, 0.1) is 0 Å². The van der Waals surface area contributed by atoms with E-state index in [-0.39, 0.29) is 55.4 Å². The van der Waals surface area contributed by atoms with E-state index in [1.165, 1.54) is 156 Å². The molecule has 0 bridgehead atoms. The van der Waals surface area contributed by atoms with Crippen molar-refractivity contribution >= 4 is 57.2 Å². The zero-order valence-corrected chi connectivity index (χ0v) is 49.4. The fourth-order valence-corrected chi connectivity index (χ4v) is 15.2. The highest BCUT2D eigenvalue weighted by Gasteiger charge is 2.50. The zero-order chi connectivity index (χ0) is 53.2. The molecule has 0 fully saturated rings. The van der Waals surface area contributed by atoms with E-state index < -0.39 is 0 Å². The number of hydrogen-bond acceptors (Lipinski definition) is 2. The second-order valence-corrected chi connectivity index (χ2v) is 31.1. The Bertz CT molecular complexity index is 3410. The number of hydrogen-bond donors (Lipinski definition) is 0. The predicted molar refractivity (Wildman–Crippen MR) is 321 cm³/mol. The third kappa shape index (κ3) is 7.08. The maximum atomic E-state index is 2.76. The molecule has 0 atom stereocenters. The second-order valence-electron chi connectivity index (χ2n) is 31.1. The van der Waals surface area contributed by atoms with Crippen LogP contribution in [0.15, 0.2) is 91.0 Å². The van der Waals surface area contributed by atoms with Crippen molar-refractivity contribution in [2.45, 2.75) is 226 Å². The number of nitrogens with zero attached hydrogens (tertiary/aromatic N) is 2. The smallest absolute Gasteiger partial charge is 0.252 e. The van der Waals surface area contributed by atoms with Crippen LogP contribution in [0.4, 0.5) is 34.1 Å². The SMILES string of the molecule is CC(C)(C)c1cc2c3c(c1)N(c1ccc4c(c1)C(C)(C)c1cc(C(C)(C)C)ccc1-4)c1cc4c(cc1B3c1cc3c(cc1N2c1ccc2c(c1)C(C)(C)CCC2(C)C)C(C)(C)CCC3(C)C)C(C)(C)CCC4(C)C. The van der Waals surface area contributed by atoms with Crippen LogP contribution < -0.4 is 26.2 Å². The summed E-state index contributed by atoms with van der Waals surface area (Å²) >= 11 is 0. The molecule has 2 aliphatic heterocycles. The third-order valence-electron chi connectivity index (χ3n) is 20.8. The largest absolute Gasteiger partial charge is 0.311 e. The van der Waals surface area contributed by atoms with Gasteiger partial charge in [-0.15, -0.1) is 0 Å². The van der Waals surface area contributed by atoms with Gasteiger partial charge >= 0.3 is 0 Å². The van der Waals surface area contributed by atoms with Crippen molar-refractivity contribution in [3.8, 4) is 11.1 Å². The van der Waals surface area contributed by atoms with Crippen molar-refractivity contribution in [2.75, 3.05) is 9.80 Å². The summed E-state index contributed by atoms with van der Waals surface area (Å²) in [5.41, 5.74) is 30.0. The minimum Gasteiger partial charge on any atom is -0.311 e. The normalized spacial score (nSPS) is 21.3. The van der Waals surface area contributed by atoms with E-state index in [2.05, 4.69) is 239 Å². The molecular formula is C71H87BN2. The molecule has 0 radical (unpaired) electrons. The summed E-state index contributed by atoms with van der Waals surface area (Å²) in [6.07, 6.45) is 7.11. The molecule has 74 heavy (non-hydrogen) atoms. The Morgan fingerprint density at radius 1 is 0.338 bits per heavy atom. The first kappa shape index (κ1) is 49.8. The van der Waals surface area contributed by atoms with Crippen LogP contribution >= 0.6 is 0 Å². The van der Waals surface area contributed by atoms with Crippen molar-refractivity contribution in [1.82, 2.24) is 0 Å². The standard InChI is InChI=1S/C71H87BN2/c1-63(2,3)42-21-24-46-47-25-22-44(36-50(47)71(19,20)49(46)33-42)73-58-40-54-52(67(11,12)29-31-69(54,15)16)38-56(58)72-57-39-53-55(70(17,18)32-30-68(53,13)14)41-59(57)74(61-35-43(64(4,5)6)34-60(73)62(61)72)45-23-26-48-51(37-45)66(9,10)28-27-65(48,7)8/h21-26,33-41H,27-32H2,1-20H3. The molecule has 0 unspecified atom stereocenters. The minimum atomic E-state index is -0.165. The topological polar surface area (TPSA) is 6.48 Å². The molecule has 12 rings (SSSR count). The number of benzene rings is 6. The zero-order valence-electron chi connectivity index (χ0n) is 49.4. The summed E-state index contributed by atoms with van der Waals surface area (Å²) < 4.78 is 0. The Kier molecular flexibility index (Phi) is 10.2. The molecule has 4 aliphatic carbocycles. The molecule has 0 N–H and O–H groups in total. The van der Waals surface area contributed by atoms with Gasteiger partial charge in [0.1, 0.15) is 0 Å². The maximum Gasteiger partial charge on any atom is 0.252 e. The fourth-order valence-electron chi connectivity index (χ4n) is 15.2. The molecule has 0 saturated heterocycles. The summed E-state index contributed by atoms with van der Waals surface area (Å²) in [6, 6.07) is 38.7. The van der Waals surface area contributed by atoms with Gasteiger partial charge in [-0.3, -0.25) is 0 Å².